The van der Waals surface area contributed by atoms with Crippen LogP contribution in [0.15, 0.2) is 18.3 Å². The van der Waals surface area contributed by atoms with Gasteiger partial charge >= 0.3 is 5.97 Å². The van der Waals surface area contributed by atoms with Crippen LogP contribution in [0.3, 0.4) is 0 Å². The van der Waals surface area contributed by atoms with Crippen molar-refractivity contribution in [2.24, 2.45) is 0 Å². The van der Waals surface area contributed by atoms with Gasteiger partial charge in [0, 0.05) is 19.5 Å². The van der Waals surface area contributed by atoms with Gasteiger partial charge in [-0.1, -0.05) is 0 Å². The molecule has 1 rings (SSSR count). The highest BCUT2D eigenvalue weighted by molar-refractivity contribution is 5.65. The lowest BCUT2D eigenvalue weighted by Gasteiger charge is -2.05. The molecule has 0 aliphatic rings. The van der Waals surface area contributed by atoms with E-state index in [-0.39, 0.29) is 11.7 Å². The van der Waals surface area contributed by atoms with Crippen LogP contribution in [0.1, 0.15) is 13.3 Å². The van der Waals surface area contributed by atoms with E-state index in [4.69, 9.17) is 4.74 Å². The van der Waals surface area contributed by atoms with Crippen molar-refractivity contribution >= 4 is 17.5 Å². The lowest BCUT2D eigenvalue weighted by molar-refractivity contribution is -0.385. The number of hydrogen-bond donors (Lipinski definition) is 1. The van der Waals surface area contributed by atoms with E-state index in [2.05, 4.69) is 10.3 Å². The lowest BCUT2D eigenvalue weighted by Crippen LogP contribution is -2.08. The molecule has 0 unspecified atom stereocenters. The molecule has 0 atom stereocenters. The zero-order chi connectivity index (χ0) is 12.7. The number of aromatic nitrogens is 1. The summed E-state index contributed by atoms with van der Waals surface area (Å²) in [6, 6.07) is 2.91. The molecule has 0 saturated carbocycles. The van der Waals surface area contributed by atoms with Gasteiger partial charge in [0.05, 0.1) is 11.5 Å². The van der Waals surface area contributed by atoms with Gasteiger partial charge in [0.2, 0.25) is 0 Å². The Bertz CT molecular complexity index is 391. The first kappa shape index (κ1) is 12.9. The largest absolute Gasteiger partial charge is 0.466 e. The van der Waals surface area contributed by atoms with Crippen molar-refractivity contribution in [2.45, 2.75) is 13.3 Å². The van der Waals surface area contributed by atoms with Crippen LogP contribution in [-0.4, -0.2) is 29.0 Å². The van der Waals surface area contributed by atoms with Gasteiger partial charge < -0.3 is 10.1 Å². The Balaban J connectivity index is 2.27. The number of rotatable bonds is 6. The van der Waals surface area contributed by atoms with Crippen molar-refractivity contribution < 1.29 is 14.5 Å². The van der Waals surface area contributed by atoms with Crippen molar-refractivity contribution in [3.63, 3.8) is 0 Å². The molecule has 1 N–H and O–H groups in total. The van der Waals surface area contributed by atoms with Crippen LogP contribution >= 0.6 is 0 Å². The molecule has 0 aliphatic heterocycles. The Hall–Kier alpha value is -2.18. The van der Waals surface area contributed by atoms with Crippen molar-refractivity contribution in [1.29, 1.82) is 0 Å². The molecular weight excluding hydrogens is 226 g/mol. The first-order chi connectivity index (χ1) is 8.09. The molecule has 7 nitrogen and oxygen atoms in total. The maximum absolute atomic E-state index is 10.5. The van der Waals surface area contributed by atoms with Crippen LogP contribution in [0.5, 0.6) is 0 Å². The Morgan fingerprint density at radius 3 is 2.88 bits per heavy atom. The van der Waals surface area contributed by atoms with E-state index < -0.39 is 4.92 Å². The molecule has 1 heterocycles. The van der Waals surface area contributed by atoms with E-state index >= 15 is 0 Å². The van der Waals surface area contributed by atoms with Gasteiger partial charge in [0.1, 0.15) is 12.0 Å². The van der Waals surface area contributed by atoms with Gasteiger partial charge in [0.25, 0.3) is 5.69 Å². The number of ether oxygens (including phenoxy) is 1. The average Bonchev–Trinajstić information content (AvgIpc) is 2.29. The van der Waals surface area contributed by atoms with E-state index in [0.29, 0.717) is 25.4 Å². The van der Waals surface area contributed by atoms with Crippen LogP contribution in [0, 0.1) is 10.1 Å². The molecule has 0 aliphatic carbocycles. The molecule has 0 saturated heterocycles. The first-order valence-corrected chi connectivity index (χ1v) is 5.07. The summed E-state index contributed by atoms with van der Waals surface area (Å²) in [7, 11) is 0. The molecule has 17 heavy (non-hydrogen) atoms. The number of carbonyl (C=O) groups is 1. The molecule has 0 bridgehead atoms. The maximum atomic E-state index is 10.5. The number of carbonyl (C=O) groups excluding carboxylic acids is 1. The minimum atomic E-state index is -0.503. The molecule has 0 fully saturated rings. The third-order valence-electron chi connectivity index (χ3n) is 1.89. The SMILES string of the molecule is CC(=O)OCCCNc1ccc([N+](=O)[O-])cn1. The molecule has 1 aromatic heterocycles. The predicted molar refractivity (Wildman–Crippen MR) is 60.6 cm³/mol. The molecule has 92 valence electrons. The normalized spacial score (nSPS) is 9.71. The van der Waals surface area contributed by atoms with Gasteiger partial charge in [-0.25, -0.2) is 4.98 Å². The smallest absolute Gasteiger partial charge is 0.302 e. The monoisotopic (exact) mass is 239 g/mol. The topological polar surface area (TPSA) is 94.4 Å². The highest BCUT2D eigenvalue weighted by Gasteiger charge is 2.04. The number of nitrogens with one attached hydrogen (secondary N) is 1. The number of esters is 1. The lowest BCUT2D eigenvalue weighted by atomic mass is 10.4. The zero-order valence-corrected chi connectivity index (χ0v) is 9.38. The summed E-state index contributed by atoms with van der Waals surface area (Å²) in [6.07, 6.45) is 1.84. The zero-order valence-electron chi connectivity index (χ0n) is 9.38. The fourth-order valence-corrected chi connectivity index (χ4v) is 1.10. The van der Waals surface area contributed by atoms with E-state index in [1.54, 1.807) is 0 Å². The van der Waals surface area contributed by atoms with Crippen LogP contribution in [0.25, 0.3) is 0 Å². The fourth-order valence-electron chi connectivity index (χ4n) is 1.10. The van der Waals surface area contributed by atoms with Gasteiger partial charge in [-0.05, 0) is 12.5 Å². The summed E-state index contributed by atoms with van der Waals surface area (Å²) < 4.78 is 4.74. The second-order valence-corrected chi connectivity index (χ2v) is 3.28. The summed E-state index contributed by atoms with van der Waals surface area (Å²) in [5.74, 6) is 0.247. The van der Waals surface area contributed by atoms with Gasteiger partial charge in [-0.15, -0.1) is 0 Å². The van der Waals surface area contributed by atoms with Crippen LogP contribution in [0.2, 0.25) is 0 Å². The average molecular weight is 239 g/mol. The van der Waals surface area contributed by atoms with E-state index in [0.717, 1.165) is 0 Å². The van der Waals surface area contributed by atoms with Crippen molar-refractivity contribution in [2.75, 3.05) is 18.5 Å². The van der Waals surface area contributed by atoms with Crippen LogP contribution < -0.4 is 5.32 Å². The van der Waals surface area contributed by atoms with E-state index in [1.807, 2.05) is 0 Å². The molecule has 0 aromatic carbocycles. The molecule has 1 aromatic rings. The minimum absolute atomic E-state index is 0.0459. The summed E-state index contributed by atoms with van der Waals surface area (Å²) in [6.45, 7) is 2.28. The third-order valence-corrected chi connectivity index (χ3v) is 1.89. The predicted octanol–water partition coefficient (Wildman–Crippen LogP) is 1.35. The Kier molecular flexibility index (Phi) is 4.86. The Morgan fingerprint density at radius 1 is 1.59 bits per heavy atom. The molecule has 0 amide bonds. The van der Waals surface area contributed by atoms with Crippen LogP contribution in [0.4, 0.5) is 11.5 Å². The standard InChI is InChI=1S/C10H13N3O4/c1-8(14)17-6-2-5-11-10-4-3-9(7-12-10)13(15)16/h3-4,7H,2,5-6H2,1H3,(H,11,12). The van der Waals surface area contributed by atoms with Crippen molar-refractivity contribution in [3.8, 4) is 0 Å². The number of nitrogens with zero attached hydrogens (tertiary/aromatic N) is 2. The third kappa shape index (κ3) is 4.92. The number of pyridine rings is 1. The first-order valence-electron chi connectivity index (χ1n) is 5.07. The Morgan fingerprint density at radius 2 is 2.35 bits per heavy atom. The maximum Gasteiger partial charge on any atom is 0.302 e. The quantitative estimate of drug-likeness (QED) is 0.348. The second kappa shape index (κ2) is 6.41. The summed E-state index contributed by atoms with van der Waals surface area (Å²) in [5.41, 5.74) is -0.0459. The molecular formula is C10H13N3O4. The fraction of sp³-hybridized carbons (Fsp3) is 0.400. The van der Waals surface area contributed by atoms with Crippen LogP contribution in [-0.2, 0) is 9.53 Å². The Labute approximate surface area is 98.0 Å². The minimum Gasteiger partial charge on any atom is -0.466 e. The molecule has 0 spiro atoms. The van der Waals surface area contributed by atoms with Gasteiger partial charge in [-0.3, -0.25) is 14.9 Å². The van der Waals surface area contributed by atoms with Crippen molar-refractivity contribution in [3.05, 3.63) is 28.4 Å². The van der Waals surface area contributed by atoms with E-state index in [1.165, 1.54) is 25.3 Å². The van der Waals surface area contributed by atoms with Gasteiger partial charge in [-0.2, -0.15) is 0 Å². The molecule has 7 heteroatoms. The highest BCUT2D eigenvalue weighted by Crippen LogP contribution is 2.11. The second-order valence-electron chi connectivity index (χ2n) is 3.28. The number of anilines is 1. The van der Waals surface area contributed by atoms with Crippen molar-refractivity contribution in [1.82, 2.24) is 4.98 Å². The highest BCUT2D eigenvalue weighted by atomic mass is 16.6. The summed E-state index contributed by atoms with van der Waals surface area (Å²) in [5, 5.41) is 13.3. The van der Waals surface area contributed by atoms with E-state index in [9.17, 15) is 14.9 Å². The molecule has 0 radical (unpaired) electrons. The summed E-state index contributed by atoms with van der Waals surface area (Å²) in [4.78, 5) is 24.2. The van der Waals surface area contributed by atoms with Gasteiger partial charge in [0.15, 0.2) is 0 Å². The number of hydrogen-bond acceptors (Lipinski definition) is 6. The number of nitro groups is 1. The summed E-state index contributed by atoms with van der Waals surface area (Å²) >= 11 is 0.